The molecule has 0 aromatic heterocycles. The molecule has 1 aliphatic rings. The average molecular weight is 159 g/mol. The molecule has 1 atom stereocenters. The van der Waals surface area contributed by atoms with E-state index >= 15 is 0 Å². The van der Waals surface area contributed by atoms with E-state index in [4.69, 9.17) is 0 Å². The molecule has 0 aliphatic heterocycles. The van der Waals surface area contributed by atoms with Gasteiger partial charge in [-0.15, -0.1) is 0 Å². The van der Waals surface area contributed by atoms with E-state index < -0.39 is 7.80 Å². The summed E-state index contributed by atoms with van der Waals surface area (Å²) in [6.07, 6.45) is 7.33. The lowest BCUT2D eigenvalue weighted by Gasteiger charge is -2.12. The van der Waals surface area contributed by atoms with Gasteiger partial charge in [0.1, 0.15) is 6.16 Å². The molecule has 0 bridgehead atoms. The largest absolute Gasteiger partial charge is 0.341 e. The van der Waals surface area contributed by atoms with Crippen molar-refractivity contribution in [1.82, 2.24) is 0 Å². The molecule has 10 heavy (non-hydrogen) atoms. The third-order valence-electron chi connectivity index (χ3n) is 2.29. The molecule has 1 nitrogen and oxygen atoms in total. The summed E-state index contributed by atoms with van der Waals surface area (Å²) in [6.45, 7) is 2.04. The summed E-state index contributed by atoms with van der Waals surface area (Å²) in [5.74, 6) is 0. The summed E-state index contributed by atoms with van der Waals surface area (Å²) >= 11 is 0. The fraction of sp³-hybridized carbons (Fsp3) is 1.00. The van der Waals surface area contributed by atoms with Crippen LogP contribution in [0.25, 0.3) is 0 Å². The number of rotatable bonds is 2. The Hall–Kier alpha value is 0.100. The lowest BCUT2D eigenvalue weighted by atomic mass is 10.0. The Balaban J connectivity index is 2.31. The van der Waals surface area contributed by atoms with Crippen LogP contribution in [0, 0.1) is 0 Å². The molecule has 1 aliphatic carbocycles. The van der Waals surface area contributed by atoms with Crippen LogP contribution in [-0.4, -0.2) is 11.8 Å². The minimum atomic E-state index is -0.847. The predicted octanol–water partition coefficient (Wildman–Crippen LogP) is 3.17. The molecule has 0 saturated heterocycles. The lowest BCUT2D eigenvalue weighted by molar-refractivity contribution is 0.491. The van der Waals surface area contributed by atoms with Gasteiger partial charge >= 0.3 is 7.80 Å². The maximum atomic E-state index is 11.3. The van der Waals surface area contributed by atoms with Crippen molar-refractivity contribution >= 4 is 7.80 Å². The van der Waals surface area contributed by atoms with Gasteiger partial charge in [-0.05, 0) is 32.6 Å². The molecule has 1 unspecified atom stereocenters. The van der Waals surface area contributed by atoms with Crippen LogP contribution < -0.4 is 0 Å². The second-order valence-electron chi connectivity index (χ2n) is 3.03. The minimum absolute atomic E-state index is 0.578. The molecule has 1 saturated carbocycles. The highest BCUT2D eigenvalue weighted by Crippen LogP contribution is 2.37. The second-order valence-corrected chi connectivity index (χ2v) is 5.22. The minimum Gasteiger partial charge on any atom is -0.0745 e. The summed E-state index contributed by atoms with van der Waals surface area (Å²) in [4.78, 5) is 0. The van der Waals surface area contributed by atoms with Crippen molar-refractivity contribution in [3.63, 3.8) is 0 Å². The van der Waals surface area contributed by atoms with Crippen LogP contribution in [0.1, 0.15) is 39.0 Å². The number of hydrogen-bond acceptors (Lipinski definition) is 1. The van der Waals surface area contributed by atoms with E-state index in [0.717, 1.165) is 6.16 Å². The molecule has 1 rings (SSSR count). The van der Waals surface area contributed by atoms with Gasteiger partial charge in [0, 0.05) is 0 Å². The molecule has 0 amide bonds. The van der Waals surface area contributed by atoms with Crippen LogP contribution in [0.5, 0.6) is 0 Å². The zero-order valence-corrected chi connectivity index (χ0v) is 7.57. The van der Waals surface area contributed by atoms with Crippen LogP contribution in [0.4, 0.5) is 0 Å². The third-order valence-corrected chi connectivity index (χ3v) is 4.25. The van der Waals surface area contributed by atoms with Crippen molar-refractivity contribution in [3.05, 3.63) is 0 Å². The van der Waals surface area contributed by atoms with Crippen molar-refractivity contribution in [2.75, 3.05) is 6.16 Å². The highest BCUT2D eigenvalue weighted by Gasteiger charge is 2.28. The average Bonchev–Trinajstić information content (AvgIpc) is 2.05. The van der Waals surface area contributed by atoms with E-state index in [2.05, 4.69) is 0 Å². The van der Waals surface area contributed by atoms with Gasteiger partial charge in [0.2, 0.25) is 0 Å². The quantitative estimate of drug-likeness (QED) is 0.565. The number of hydrogen-bond donors (Lipinski definition) is 0. The van der Waals surface area contributed by atoms with E-state index in [1.807, 2.05) is 6.92 Å². The van der Waals surface area contributed by atoms with Crippen LogP contribution in [0.2, 0.25) is 0 Å². The lowest BCUT2D eigenvalue weighted by Crippen LogP contribution is -2.08. The monoisotopic (exact) mass is 159 g/mol. The van der Waals surface area contributed by atoms with E-state index in [0.29, 0.717) is 5.66 Å². The second kappa shape index (κ2) is 4.08. The zero-order valence-electron chi connectivity index (χ0n) is 6.68. The first-order chi connectivity index (χ1) is 4.84. The molecule has 0 heterocycles. The normalized spacial score (nSPS) is 22.7. The van der Waals surface area contributed by atoms with Crippen LogP contribution in [0.3, 0.4) is 0 Å². The Morgan fingerprint density at radius 3 is 2.40 bits per heavy atom. The maximum absolute atomic E-state index is 11.3. The molecule has 0 spiro atoms. The van der Waals surface area contributed by atoms with Crippen molar-refractivity contribution in [2.24, 2.45) is 0 Å². The van der Waals surface area contributed by atoms with Crippen molar-refractivity contribution in [2.45, 2.75) is 44.7 Å². The Morgan fingerprint density at radius 1 is 1.30 bits per heavy atom. The van der Waals surface area contributed by atoms with Crippen molar-refractivity contribution in [3.8, 4) is 0 Å². The third kappa shape index (κ3) is 2.05. The Labute approximate surface area is 64.0 Å². The van der Waals surface area contributed by atoms with Gasteiger partial charge in [-0.1, -0.05) is 11.0 Å². The van der Waals surface area contributed by atoms with Gasteiger partial charge in [-0.3, -0.25) is 0 Å². The topological polar surface area (TPSA) is 17.1 Å². The van der Waals surface area contributed by atoms with Crippen molar-refractivity contribution in [1.29, 1.82) is 0 Å². The molecule has 58 valence electrons. The Bertz CT molecular complexity index is 116. The fourth-order valence-electron chi connectivity index (χ4n) is 1.63. The molecule has 0 aromatic rings. The van der Waals surface area contributed by atoms with E-state index in [-0.39, 0.29) is 0 Å². The van der Waals surface area contributed by atoms with Gasteiger partial charge in [-0.2, -0.15) is 0 Å². The van der Waals surface area contributed by atoms with Gasteiger partial charge in [-0.25, -0.2) is 0 Å². The Morgan fingerprint density at radius 2 is 1.90 bits per heavy atom. The van der Waals surface area contributed by atoms with Gasteiger partial charge < -0.3 is 0 Å². The predicted molar refractivity (Wildman–Crippen MR) is 45.0 cm³/mol. The first kappa shape index (κ1) is 8.20. The molecular formula is C8H16OP+. The summed E-state index contributed by atoms with van der Waals surface area (Å²) in [5.41, 5.74) is 0.578. The smallest absolute Gasteiger partial charge is 0.0745 e. The molecule has 0 aromatic carbocycles. The van der Waals surface area contributed by atoms with E-state index in [9.17, 15) is 4.57 Å². The summed E-state index contributed by atoms with van der Waals surface area (Å²) < 4.78 is 11.3. The highest BCUT2D eigenvalue weighted by molar-refractivity contribution is 7.45. The van der Waals surface area contributed by atoms with Crippen LogP contribution in [0.15, 0.2) is 0 Å². The SMILES string of the molecule is CC[P+](=O)C1CCCCC1. The van der Waals surface area contributed by atoms with Crippen LogP contribution >= 0.6 is 7.80 Å². The molecular weight excluding hydrogens is 143 g/mol. The van der Waals surface area contributed by atoms with Crippen molar-refractivity contribution < 1.29 is 4.57 Å². The molecule has 2 heteroatoms. The van der Waals surface area contributed by atoms with E-state index in [1.165, 1.54) is 32.1 Å². The Kier molecular flexibility index (Phi) is 3.34. The summed E-state index contributed by atoms with van der Waals surface area (Å²) in [7, 11) is -0.847. The highest BCUT2D eigenvalue weighted by atomic mass is 31.1. The molecule has 0 N–H and O–H groups in total. The first-order valence-electron chi connectivity index (χ1n) is 4.28. The van der Waals surface area contributed by atoms with E-state index in [1.54, 1.807) is 0 Å². The van der Waals surface area contributed by atoms with Gasteiger partial charge in [0.25, 0.3) is 0 Å². The fourth-order valence-corrected chi connectivity index (χ4v) is 3.08. The summed E-state index contributed by atoms with van der Waals surface area (Å²) in [6, 6.07) is 0. The summed E-state index contributed by atoms with van der Waals surface area (Å²) in [5, 5.41) is 0. The zero-order chi connectivity index (χ0) is 7.40. The molecule has 1 fully saturated rings. The standard InChI is InChI=1S/C8H16OP/c1-2-10(9)8-6-4-3-5-7-8/h8H,2-7H2,1H3/q+1. The first-order valence-corrected chi connectivity index (χ1v) is 5.79. The maximum Gasteiger partial charge on any atom is 0.341 e. The van der Waals surface area contributed by atoms with Gasteiger partial charge in [0.15, 0.2) is 5.66 Å². The van der Waals surface area contributed by atoms with Gasteiger partial charge in [0.05, 0.1) is 0 Å². The molecule has 0 radical (unpaired) electrons. The van der Waals surface area contributed by atoms with Crippen LogP contribution in [-0.2, 0) is 4.57 Å².